The van der Waals surface area contributed by atoms with Crippen molar-refractivity contribution in [1.82, 2.24) is 25.1 Å². The van der Waals surface area contributed by atoms with Crippen LogP contribution in [-0.4, -0.2) is 49.8 Å². The van der Waals surface area contributed by atoms with Gasteiger partial charge in [0, 0.05) is 25.8 Å². The van der Waals surface area contributed by atoms with Crippen LogP contribution in [0.15, 0.2) is 17.3 Å². The predicted octanol–water partition coefficient (Wildman–Crippen LogP) is -0.767. The van der Waals surface area contributed by atoms with E-state index in [1.807, 2.05) is 6.92 Å². The molecule has 1 rings (SSSR count). The molecule has 8 nitrogen and oxygen atoms in total. The average Bonchev–Trinajstić information content (AvgIpc) is 2.82. The number of amides is 1. The van der Waals surface area contributed by atoms with Gasteiger partial charge >= 0.3 is 0 Å². The molecule has 0 spiro atoms. The molecule has 0 aliphatic rings. The number of nitrogens with zero attached hydrogens (tertiary/aromatic N) is 2. The molecular weight excluding hydrogens is 318 g/mol. The molecular formula is C11H22ClN5O3S. The fourth-order valence-electron chi connectivity index (χ4n) is 1.40. The van der Waals surface area contributed by atoms with Gasteiger partial charge in [-0.2, -0.15) is 9.82 Å². The standard InChI is InChI=1S/C11H21N5O3S.ClH/c1-8(12-3)5-13-11(17)9(2)15-20(18,19)10-6-14-16(4)7-10;/h6-9,12,15H,5H2,1-4H3,(H,13,17);1H. The number of rotatable bonds is 7. The number of likely N-dealkylation sites (N-methyl/N-ethyl adjacent to an activating group) is 1. The topological polar surface area (TPSA) is 105 Å². The molecule has 0 bridgehead atoms. The molecule has 0 aromatic carbocycles. The quantitative estimate of drug-likeness (QED) is 0.605. The van der Waals surface area contributed by atoms with Crippen molar-refractivity contribution in [2.24, 2.45) is 7.05 Å². The fraction of sp³-hybridized carbons (Fsp3) is 0.636. The lowest BCUT2D eigenvalue weighted by atomic mass is 10.3. The van der Waals surface area contributed by atoms with Crippen LogP contribution in [-0.2, 0) is 21.9 Å². The van der Waals surface area contributed by atoms with Crippen molar-refractivity contribution in [3.05, 3.63) is 12.4 Å². The summed E-state index contributed by atoms with van der Waals surface area (Å²) < 4.78 is 27.7. The van der Waals surface area contributed by atoms with Gasteiger partial charge in [-0.15, -0.1) is 12.4 Å². The number of hydrogen-bond acceptors (Lipinski definition) is 5. The summed E-state index contributed by atoms with van der Waals surface area (Å²) in [6.45, 7) is 3.83. The smallest absolute Gasteiger partial charge is 0.244 e. The van der Waals surface area contributed by atoms with E-state index in [0.717, 1.165) is 0 Å². The first-order valence-corrected chi connectivity index (χ1v) is 7.70. The molecule has 1 amide bonds. The van der Waals surface area contributed by atoms with E-state index < -0.39 is 16.1 Å². The van der Waals surface area contributed by atoms with Crippen LogP contribution < -0.4 is 15.4 Å². The molecule has 1 aromatic heterocycles. The molecule has 0 aliphatic heterocycles. The van der Waals surface area contributed by atoms with E-state index in [-0.39, 0.29) is 29.3 Å². The molecule has 0 aliphatic carbocycles. The normalized spacial score (nSPS) is 14.1. The molecule has 2 atom stereocenters. The first-order valence-electron chi connectivity index (χ1n) is 6.22. The number of nitrogens with one attached hydrogen (secondary N) is 3. The highest BCUT2D eigenvalue weighted by Crippen LogP contribution is 2.06. The monoisotopic (exact) mass is 339 g/mol. The minimum atomic E-state index is -3.74. The van der Waals surface area contributed by atoms with Crippen molar-refractivity contribution < 1.29 is 13.2 Å². The summed E-state index contributed by atoms with van der Waals surface area (Å²) >= 11 is 0. The van der Waals surface area contributed by atoms with Crippen LogP contribution in [0.25, 0.3) is 0 Å². The van der Waals surface area contributed by atoms with Gasteiger partial charge in [-0.25, -0.2) is 8.42 Å². The second kappa shape index (κ2) is 8.32. The second-order valence-electron chi connectivity index (χ2n) is 4.63. The highest BCUT2D eigenvalue weighted by molar-refractivity contribution is 7.89. The van der Waals surface area contributed by atoms with Crippen molar-refractivity contribution in [3.63, 3.8) is 0 Å². The molecule has 0 saturated heterocycles. The molecule has 0 radical (unpaired) electrons. The Morgan fingerprint density at radius 2 is 2.05 bits per heavy atom. The van der Waals surface area contributed by atoms with Crippen LogP contribution in [0, 0.1) is 0 Å². The molecule has 1 heterocycles. The Morgan fingerprint density at radius 3 is 2.52 bits per heavy atom. The lowest BCUT2D eigenvalue weighted by Gasteiger charge is -2.16. The third kappa shape index (κ3) is 6.00. The summed E-state index contributed by atoms with van der Waals surface area (Å²) in [6, 6.07) is -0.745. The van der Waals surface area contributed by atoms with E-state index in [4.69, 9.17) is 0 Å². The third-order valence-electron chi connectivity index (χ3n) is 2.79. The van der Waals surface area contributed by atoms with Gasteiger partial charge in [0.2, 0.25) is 15.9 Å². The molecule has 10 heteroatoms. The molecule has 122 valence electrons. The zero-order chi connectivity index (χ0) is 15.3. The number of halogens is 1. The number of hydrogen-bond donors (Lipinski definition) is 3. The van der Waals surface area contributed by atoms with E-state index in [1.54, 1.807) is 14.1 Å². The van der Waals surface area contributed by atoms with E-state index in [1.165, 1.54) is 24.0 Å². The predicted molar refractivity (Wildman–Crippen MR) is 81.8 cm³/mol. The van der Waals surface area contributed by atoms with Crippen LogP contribution in [0.1, 0.15) is 13.8 Å². The molecule has 0 saturated carbocycles. The molecule has 1 aromatic rings. The summed E-state index contributed by atoms with van der Waals surface area (Å²) in [5.74, 6) is -0.375. The van der Waals surface area contributed by atoms with Crippen LogP contribution >= 0.6 is 12.4 Å². The van der Waals surface area contributed by atoms with Crippen molar-refractivity contribution in [1.29, 1.82) is 0 Å². The molecule has 2 unspecified atom stereocenters. The minimum Gasteiger partial charge on any atom is -0.353 e. The Morgan fingerprint density at radius 1 is 1.43 bits per heavy atom. The van der Waals surface area contributed by atoms with Crippen LogP contribution in [0.3, 0.4) is 0 Å². The summed E-state index contributed by atoms with van der Waals surface area (Å²) in [5.41, 5.74) is 0. The van der Waals surface area contributed by atoms with E-state index in [2.05, 4.69) is 20.5 Å². The number of carbonyl (C=O) groups excluding carboxylic acids is 1. The maximum atomic E-state index is 12.0. The Hall–Kier alpha value is -1.16. The van der Waals surface area contributed by atoms with Gasteiger partial charge < -0.3 is 10.6 Å². The average molecular weight is 340 g/mol. The Kier molecular flexibility index (Phi) is 7.86. The maximum Gasteiger partial charge on any atom is 0.244 e. The zero-order valence-corrected chi connectivity index (χ0v) is 14.1. The highest BCUT2D eigenvalue weighted by atomic mass is 35.5. The number of aromatic nitrogens is 2. The SMILES string of the molecule is CNC(C)CNC(=O)C(C)NS(=O)(=O)c1cnn(C)c1.Cl. The summed E-state index contributed by atoms with van der Waals surface area (Å²) in [4.78, 5) is 11.8. The highest BCUT2D eigenvalue weighted by Gasteiger charge is 2.23. The fourth-order valence-corrected chi connectivity index (χ4v) is 2.59. The summed E-state index contributed by atoms with van der Waals surface area (Å²) in [5, 5.41) is 9.43. The van der Waals surface area contributed by atoms with Gasteiger partial charge in [-0.1, -0.05) is 0 Å². The van der Waals surface area contributed by atoms with Crippen LogP contribution in [0.5, 0.6) is 0 Å². The van der Waals surface area contributed by atoms with Gasteiger partial charge in [0.05, 0.1) is 12.2 Å². The van der Waals surface area contributed by atoms with Crippen molar-refractivity contribution >= 4 is 28.3 Å². The van der Waals surface area contributed by atoms with Gasteiger partial charge in [0.25, 0.3) is 0 Å². The van der Waals surface area contributed by atoms with E-state index in [9.17, 15) is 13.2 Å². The zero-order valence-electron chi connectivity index (χ0n) is 12.5. The summed E-state index contributed by atoms with van der Waals surface area (Å²) in [7, 11) is -0.335. The van der Waals surface area contributed by atoms with Gasteiger partial charge in [-0.05, 0) is 20.9 Å². The van der Waals surface area contributed by atoms with Crippen molar-refractivity contribution in [2.75, 3.05) is 13.6 Å². The van der Waals surface area contributed by atoms with Crippen molar-refractivity contribution in [3.8, 4) is 0 Å². The number of carbonyl (C=O) groups is 1. The summed E-state index contributed by atoms with van der Waals surface area (Å²) in [6.07, 6.45) is 2.60. The second-order valence-corrected chi connectivity index (χ2v) is 6.34. The number of aryl methyl sites for hydroxylation is 1. The van der Waals surface area contributed by atoms with Crippen LogP contribution in [0.2, 0.25) is 0 Å². The number of sulfonamides is 1. The largest absolute Gasteiger partial charge is 0.353 e. The molecule has 21 heavy (non-hydrogen) atoms. The lowest BCUT2D eigenvalue weighted by molar-refractivity contribution is -0.122. The van der Waals surface area contributed by atoms with Gasteiger partial charge in [0.15, 0.2) is 0 Å². The third-order valence-corrected chi connectivity index (χ3v) is 4.29. The lowest BCUT2D eigenvalue weighted by Crippen LogP contribution is -2.47. The molecule has 3 N–H and O–H groups in total. The van der Waals surface area contributed by atoms with E-state index >= 15 is 0 Å². The maximum absolute atomic E-state index is 12.0. The Bertz CT molecular complexity index is 560. The first kappa shape index (κ1) is 19.8. The molecule has 0 fully saturated rings. The van der Waals surface area contributed by atoms with Gasteiger partial charge in [-0.3, -0.25) is 9.48 Å². The Balaban J connectivity index is 0.00000400. The van der Waals surface area contributed by atoms with Crippen LogP contribution in [0.4, 0.5) is 0 Å². The van der Waals surface area contributed by atoms with Crippen molar-refractivity contribution in [2.45, 2.75) is 30.8 Å². The van der Waals surface area contributed by atoms with E-state index in [0.29, 0.717) is 6.54 Å². The minimum absolute atomic E-state index is 0. The Labute approximate surface area is 131 Å². The first-order chi connectivity index (χ1) is 9.26. The van der Waals surface area contributed by atoms with Gasteiger partial charge in [0.1, 0.15) is 4.90 Å².